The number of thiocarbonyl (C=S) groups is 1. The molecule has 0 radical (unpaired) electrons. The third-order valence-corrected chi connectivity index (χ3v) is 3.85. The number of hydrogen-bond donors (Lipinski definition) is 2. The highest BCUT2D eigenvalue weighted by atomic mass is 35.5. The van der Waals surface area contributed by atoms with E-state index in [1.165, 1.54) is 5.56 Å². The summed E-state index contributed by atoms with van der Waals surface area (Å²) < 4.78 is 5.13. The quantitative estimate of drug-likeness (QED) is 0.772. The lowest BCUT2D eigenvalue weighted by Crippen LogP contribution is -2.30. The Bertz CT molecular complexity index is 647. The normalized spacial score (nSPS) is 10.1. The smallest absolute Gasteiger partial charge is 0.170 e. The SMILES string of the molecule is COc1ccc(CCNC(=S)Nc2cc(Cl)ccc2Cl)cc1. The molecular weight excluding hydrogens is 339 g/mol. The molecule has 0 saturated carbocycles. The molecule has 2 rings (SSSR count). The minimum absolute atomic E-state index is 0.512. The van der Waals surface area contributed by atoms with Crippen LogP contribution in [0, 0.1) is 0 Å². The van der Waals surface area contributed by atoms with E-state index in [1.54, 1.807) is 25.3 Å². The topological polar surface area (TPSA) is 33.3 Å². The molecule has 0 saturated heterocycles. The van der Waals surface area contributed by atoms with Crippen LogP contribution < -0.4 is 15.4 Å². The fourth-order valence-corrected chi connectivity index (χ4v) is 2.42. The van der Waals surface area contributed by atoms with Gasteiger partial charge in [0.25, 0.3) is 0 Å². The Morgan fingerprint density at radius 3 is 2.55 bits per heavy atom. The van der Waals surface area contributed by atoms with Crippen LogP contribution in [0.3, 0.4) is 0 Å². The van der Waals surface area contributed by atoms with E-state index in [2.05, 4.69) is 10.6 Å². The van der Waals surface area contributed by atoms with Crippen molar-refractivity contribution in [3.63, 3.8) is 0 Å². The van der Waals surface area contributed by atoms with Crippen molar-refractivity contribution in [2.24, 2.45) is 0 Å². The van der Waals surface area contributed by atoms with Gasteiger partial charge < -0.3 is 15.4 Å². The molecule has 0 aromatic heterocycles. The second-order valence-electron chi connectivity index (χ2n) is 4.60. The van der Waals surface area contributed by atoms with Gasteiger partial charge in [0.05, 0.1) is 17.8 Å². The van der Waals surface area contributed by atoms with Crippen molar-refractivity contribution < 1.29 is 4.74 Å². The molecule has 22 heavy (non-hydrogen) atoms. The van der Waals surface area contributed by atoms with Gasteiger partial charge in [0.15, 0.2) is 5.11 Å². The average Bonchev–Trinajstić information content (AvgIpc) is 2.51. The molecule has 2 aromatic rings. The maximum absolute atomic E-state index is 6.08. The van der Waals surface area contributed by atoms with Gasteiger partial charge >= 0.3 is 0 Å². The summed E-state index contributed by atoms with van der Waals surface area (Å²) in [6, 6.07) is 13.1. The van der Waals surface area contributed by atoms with Gasteiger partial charge in [0, 0.05) is 11.6 Å². The van der Waals surface area contributed by atoms with Crippen molar-refractivity contribution in [3.8, 4) is 5.75 Å². The maximum atomic E-state index is 6.08. The van der Waals surface area contributed by atoms with E-state index < -0.39 is 0 Å². The number of ether oxygens (including phenoxy) is 1. The van der Waals surface area contributed by atoms with Crippen LogP contribution in [-0.2, 0) is 6.42 Å². The van der Waals surface area contributed by atoms with E-state index in [-0.39, 0.29) is 0 Å². The standard InChI is InChI=1S/C16H16Cl2N2OS/c1-21-13-5-2-11(3-6-13)8-9-19-16(22)20-15-10-12(17)4-7-14(15)18/h2-7,10H,8-9H2,1H3,(H2,19,20,22). The van der Waals surface area contributed by atoms with E-state index in [0.717, 1.165) is 18.7 Å². The Balaban J connectivity index is 1.81. The number of methoxy groups -OCH3 is 1. The summed E-state index contributed by atoms with van der Waals surface area (Å²) in [5, 5.41) is 7.87. The van der Waals surface area contributed by atoms with Crippen LogP contribution in [0.5, 0.6) is 5.75 Å². The number of rotatable bonds is 5. The molecule has 0 heterocycles. The van der Waals surface area contributed by atoms with Gasteiger partial charge in [-0.25, -0.2) is 0 Å². The molecule has 0 bridgehead atoms. The van der Waals surface area contributed by atoms with E-state index in [1.807, 2.05) is 24.3 Å². The third kappa shape index (κ3) is 5.05. The van der Waals surface area contributed by atoms with Crippen molar-refractivity contribution in [2.75, 3.05) is 19.0 Å². The fourth-order valence-electron chi connectivity index (χ4n) is 1.87. The second-order valence-corrected chi connectivity index (χ2v) is 5.86. The molecule has 6 heteroatoms. The Labute approximate surface area is 145 Å². The number of nitrogens with one attached hydrogen (secondary N) is 2. The van der Waals surface area contributed by atoms with Crippen LogP contribution in [0.1, 0.15) is 5.56 Å². The molecule has 0 amide bonds. The summed E-state index contributed by atoms with van der Waals surface area (Å²) in [5.74, 6) is 0.851. The van der Waals surface area contributed by atoms with Gasteiger partial charge in [0.1, 0.15) is 5.75 Å². The first-order valence-corrected chi connectivity index (χ1v) is 7.88. The van der Waals surface area contributed by atoms with Gasteiger partial charge in [-0.05, 0) is 54.5 Å². The number of halogens is 2. The fraction of sp³-hybridized carbons (Fsp3) is 0.188. The van der Waals surface area contributed by atoms with Crippen LogP contribution in [0.15, 0.2) is 42.5 Å². The Kier molecular flexibility index (Phi) is 6.31. The molecule has 0 aliphatic heterocycles. The first-order valence-electron chi connectivity index (χ1n) is 6.71. The molecule has 0 unspecified atom stereocenters. The molecule has 0 fully saturated rings. The van der Waals surface area contributed by atoms with Crippen LogP contribution >= 0.6 is 35.4 Å². The minimum Gasteiger partial charge on any atom is -0.497 e. The third-order valence-electron chi connectivity index (χ3n) is 3.03. The lowest BCUT2D eigenvalue weighted by atomic mass is 10.1. The molecule has 3 nitrogen and oxygen atoms in total. The number of anilines is 1. The zero-order chi connectivity index (χ0) is 15.9. The van der Waals surface area contributed by atoms with Crippen molar-refractivity contribution in [3.05, 3.63) is 58.1 Å². The van der Waals surface area contributed by atoms with Gasteiger partial charge in [0.2, 0.25) is 0 Å². The first-order chi connectivity index (χ1) is 10.6. The Morgan fingerprint density at radius 2 is 1.86 bits per heavy atom. The Morgan fingerprint density at radius 1 is 1.14 bits per heavy atom. The maximum Gasteiger partial charge on any atom is 0.170 e. The van der Waals surface area contributed by atoms with E-state index in [4.69, 9.17) is 40.2 Å². The summed E-state index contributed by atoms with van der Waals surface area (Å²) in [5.41, 5.74) is 1.90. The van der Waals surface area contributed by atoms with Gasteiger partial charge in [-0.3, -0.25) is 0 Å². The zero-order valence-corrected chi connectivity index (χ0v) is 14.4. The van der Waals surface area contributed by atoms with Gasteiger partial charge in [-0.2, -0.15) is 0 Å². The molecule has 2 aromatic carbocycles. The number of hydrogen-bond acceptors (Lipinski definition) is 2. The van der Waals surface area contributed by atoms with Gasteiger partial charge in [-0.1, -0.05) is 35.3 Å². The molecule has 0 spiro atoms. The molecule has 0 aliphatic carbocycles. The monoisotopic (exact) mass is 354 g/mol. The summed E-state index contributed by atoms with van der Waals surface area (Å²) in [6.45, 7) is 0.719. The van der Waals surface area contributed by atoms with Crippen LogP contribution in [0.4, 0.5) is 5.69 Å². The second kappa shape index (κ2) is 8.22. The molecule has 0 aliphatic rings. The van der Waals surface area contributed by atoms with E-state index >= 15 is 0 Å². The highest BCUT2D eigenvalue weighted by Crippen LogP contribution is 2.25. The summed E-state index contributed by atoms with van der Waals surface area (Å²) in [4.78, 5) is 0. The predicted octanol–water partition coefficient (Wildman–Crippen LogP) is 4.53. The predicted molar refractivity (Wildman–Crippen MR) is 97.4 cm³/mol. The first kappa shape index (κ1) is 16.9. The molecular formula is C16H16Cl2N2OS. The summed E-state index contributed by atoms with van der Waals surface area (Å²) in [7, 11) is 1.65. The van der Waals surface area contributed by atoms with Gasteiger partial charge in [-0.15, -0.1) is 0 Å². The largest absolute Gasteiger partial charge is 0.497 e. The molecule has 2 N–H and O–H groups in total. The zero-order valence-electron chi connectivity index (χ0n) is 12.0. The molecule has 116 valence electrons. The van der Waals surface area contributed by atoms with Crippen molar-refractivity contribution in [1.29, 1.82) is 0 Å². The lowest BCUT2D eigenvalue weighted by Gasteiger charge is -2.12. The minimum atomic E-state index is 0.512. The van der Waals surface area contributed by atoms with Crippen LogP contribution in [0.25, 0.3) is 0 Å². The van der Waals surface area contributed by atoms with Crippen molar-refractivity contribution >= 4 is 46.2 Å². The Hall–Kier alpha value is -1.49. The van der Waals surface area contributed by atoms with E-state index in [9.17, 15) is 0 Å². The van der Waals surface area contributed by atoms with Crippen molar-refractivity contribution in [1.82, 2.24) is 5.32 Å². The highest BCUT2D eigenvalue weighted by molar-refractivity contribution is 7.80. The molecule has 0 atom stereocenters. The van der Waals surface area contributed by atoms with Crippen LogP contribution in [-0.4, -0.2) is 18.8 Å². The van der Waals surface area contributed by atoms with Crippen molar-refractivity contribution in [2.45, 2.75) is 6.42 Å². The average molecular weight is 355 g/mol. The number of benzene rings is 2. The lowest BCUT2D eigenvalue weighted by molar-refractivity contribution is 0.414. The van der Waals surface area contributed by atoms with E-state index in [0.29, 0.717) is 20.8 Å². The summed E-state index contributed by atoms with van der Waals surface area (Å²) >= 11 is 17.3. The summed E-state index contributed by atoms with van der Waals surface area (Å²) in [6.07, 6.45) is 0.856. The van der Waals surface area contributed by atoms with Crippen LogP contribution in [0.2, 0.25) is 10.0 Å². The highest BCUT2D eigenvalue weighted by Gasteiger charge is 2.03.